The van der Waals surface area contributed by atoms with Crippen LogP contribution in [0.5, 0.6) is 0 Å². The highest BCUT2D eigenvalue weighted by Gasteiger charge is 2.13. The van der Waals surface area contributed by atoms with Crippen molar-refractivity contribution in [1.82, 2.24) is 0 Å². The monoisotopic (exact) mass is 365 g/mol. The Morgan fingerprint density at radius 3 is 1.25 bits per heavy atom. The fraction of sp³-hybridized carbons (Fsp3) is 0.842. The van der Waals surface area contributed by atoms with E-state index in [0.717, 1.165) is 19.3 Å². The van der Waals surface area contributed by atoms with E-state index in [1.807, 2.05) is 0 Å². The highest BCUT2D eigenvalue weighted by atomic mass is 31.1. The smallest absolute Gasteiger partial charge is 0.0621 e. The van der Waals surface area contributed by atoms with Gasteiger partial charge in [-0.25, -0.2) is 0 Å². The number of nitriles is 3. The Morgan fingerprint density at radius 1 is 0.542 bits per heavy atom. The van der Waals surface area contributed by atoms with Gasteiger partial charge in [0, 0.05) is 19.3 Å². The lowest BCUT2D eigenvalue weighted by Crippen LogP contribution is -2.03. The van der Waals surface area contributed by atoms with E-state index in [1.165, 1.54) is 56.2 Å². The van der Waals surface area contributed by atoms with Crippen molar-refractivity contribution >= 4 is 15.8 Å². The zero-order chi connectivity index (χ0) is 17.9. The fourth-order valence-corrected chi connectivity index (χ4v) is 8.78. The number of rotatable bonds is 16. The zero-order valence-electron chi connectivity index (χ0n) is 15.3. The molecule has 0 aliphatic heterocycles. The summed E-state index contributed by atoms with van der Waals surface area (Å²) in [6.45, 7) is 2.25. The molecule has 0 fully saturated rings. The normalized spacial score (nSPS) is 11.6. The number of nitrogens with zero attached hydrogens (tertiary/aromatic N) is 3. The lowest BCUT2D eigenvalue weighted by atomic mass is 10.3. The third-order valence-electron chi connectivity index (χ3n) is 4.10. The van der Waals surface area contributed by atoms with Crippen LogP contribution in [0.2, 0.25) is 0 Å². The van der Waals surface area contributed by atoms with Gasteiger partial charge in [0.05, 0.1) is 18.2 Å². The van der Waals surface area contributed by atoms with E-state index in [1.54, 1.807) is 0 Å². The molecule has 0 aliphatic carbocycles. The van der Waals surface area contributed by atoms with Crippen LogP contribution in [0.4, 0.5) is 0 Å². The third kappa shape index (κ3) is 14.9. The molecule has 0 aromatic heterocycles. The number of hydrogen-bond acceptors (Lipinski definition) is 3. The van der Waals surface area contributed by atoms with Crippen LogP contribution in [-0.4, -0.2) is 37.0 Å². The van der Waals surface area contributed by atoms with Crippen molar-refractivity contribution in [1.29, 1.82) is 15.8 Å². The summed E-state index contributed by atoms with van der Waals surface area (Å²) >= 11 is 0. The summed E-state index contributed by atoms with van der Waals surface area (Å²) in [5.74, 6) is 0. The molecule has 1 unspecified atom stereocenters. The van der Waals surface area contributed by atoms with Gasteiger partial charge in [0.2, 0.25) is 0 Å². The van der Waals surface area contributed by atoms with Gasteiger partial charge in [0.15, 0.2) is 0 Å². The minimum atomic E-state index is -0.00462. The summed E-state index contributed by atoms with van der Waals surface area (Å²) in [6, 6.07) is 6.79. The molecule has 0 amide bonds. The summed E-state index contributed by atoms with van der Waals surface area (Å²) < 4.78 is 0. The van der Waals surface area contributed by atoms with Crippen LogP contribution in [0.15, 0.2) is 0 Å². The Morgan fingerprint density at radius 2 is 0.917 bits per heavy atom. The molecule has 3 nitrogen and oxygen atoms in total. The second-order valence-corrected chi connectivity index (χ2v) is 11.5. The van der Waals surface area contributed by atoms with Crippen LogP contribution in [0, 0.1) is 34.0 Å². The molecule has 134 valence electrons. The van der Waals surface area contributed by atoms with Crippen LogP contribution in [0.3, 0.4) is 0 Å². The largest absolute Gasteiger partial charge is 0.198 e. The number of unbranched alkanes of at least 4 members (excludes halogenated alkanes) is 5. The molecule has 0 saturated heterocycles. The SMILES string of the molecule is CCCCCP(CCCC#N)CCP(CCCC#N)CCCC#N. The summed E-state index contributed by atoms with van der Waals surface area (Å²) in [6.07, 6.45) is 16.8. The van der Waals surface area contributed by atoms with Gasteiger partial charge < -0.3 is 0 Å². The Kier molecular flexibility index (Phi) is 18.1. The summed E-state index contributed by atoms with van der Waals surface area (Å²) in [5, 5.41) is 26.2. The topological polar surface area (TPSA) is 71.4 Å². The van der Waals surface area contributed by atoms with Gasteiger partial charge >= 0.3 is 0 Å². The summed E-state index contributed by atoms with van der Waals surface area (Å²) in [5.41, 5.74) is 0. The van der Waals surface area contributed by atoms with Gasteiger partial charge in [-0.3, -0.25) is 0 Å². The summed E-state index contributed by atoms with van der Waals surface area (Å²) in [4.78, 5) is 0. The van der Waals surface area contributed by atoms with Crippen LogP contribution in [0.1, 0.15) is 64.7 Å². The van der Waals surface area contributed by atoms with Crippen LogP contribution < -0.4 is 0 Å². The maximum Gasteiger partial charge on any atom is 0.0621 e. The second kappa shape index (κ2) is 18.7. The van der Waals surface area contributed by atoms with Gasteiger partial charge in [-0.2, -0.15) is 15.8 Å². The molecule has 0 rings (SSSR count). The predicted octanol–water partition coefficient (Wildman–Crippen LogP) is 6.05. The molecule has 0 N–H and O–H groups in total. The quantitative estimate of drug-likeness (QED) is 0.247. The second-order valence-electron chi connectivity index (χ2n) is 6.18. The lowest BCUT2D eigenvalue weighted by Gasteiger charge is -2.22. The van der Waals surface area contributed by atoms with Gasteiger partial charge in [-0.15, -0.1) is 15.8 Å². The molecule has 1 atom stereocenters. The maximum absolute atomic E-state index is 8.76. The highest BCUT2D eigenvalue weighted by molar-refractivity contribution is 7.61. The van der Waals surface area contributed by atoms with Crippen molar-refractivity contribution in [2.45, 2.75) is 64.7 Å². The first-order valence-electron chi connectivity index (χ1n) is 9.34. The summed E-state index contributed by atoms with van der Waals surface area (Å²) in [7, 11) is 0.0769. The van der Waals surface area contributed by atoms with Crippen LogP contribution >= 0.6 is 15.8 Å². The van der Waals surface area contributed by atoms with E-state index in [0.29, 0.717) is 19.3 Å². The Bertz CT molecular complexity index is 386. The van der Waals surface area contributed by atoms with Gasteiger partial charge in [0.25, 0.3) is 0 Å². The Balaban J connectivity index is 4.30. The van der Waals surface area contributed by atoms with Crippen LogP contribution in [-0.2, 0) is 0 Å². The van der Waals surface area contributed by atoms with Crippen molar-refractivity contribution in [3.8, 4) is 18.2 Å². The van der Waals surface area contributed by atoms with E-state index >= 15 is 0 Å². The van der Waals surface area contributed by atoms with Crippen molar-refractivity contribution < 1.29 is 0 Å². The van der Waals surface area contributed by atoms with Crippen molar-refractivity contribution in [3.05, 3.63) is 0 Å². The number of hydrogen-bond donors (Lipinski definition) is 0. The molecule has 0 saturated carbocycles. The minimum absolute atomic E-state index is 0.00462. The molecule has 0 aromatic rings. The van der Waals surface area contributed by atoms with Crippen molar-refractivity contribution in [3.63, 3.8) is 0 Å². The van der Waals surface area contributed by atoms with Crippen molar-refractivity contribution in [2.75, 3.05) is 37.0 Å². The van der Waals surface area contributed by atoms with Crippen molar-refractivity contribution in [2.24, 2.45) is 0 Å². The molecule has 24 heavy (non-hydrogen) atoms. The predicted molar refractivity (Wildman–Crippen MR) is 107 cm³/mol. The first-order chi connectivity index (χ1) is 11.8. The van der Waals surface area contributed by atoms with E-state index in [4.69, 9.17) is 15.8 Å². The minimum Gasteiger partial charge on any atom is -0.198 e. The molecule has 0 bridgehead atoms. The molecule has 0 heterocycles. The molecular formula is C19H33N3P2. The average molecular weight is 365 g/mol. The first-order valence-corrected chi connectivity index (χ1v) is 13.1. The molecule has 0 spiro atoms. The average Bonchev–Trinajstić information content (AvgIpc) is 2.59. The van der Waals surface area contributed by atoms with E-state index in [2.05, 4.69) is 25.1 Å². The Labute approximate surface area is 151 Å². The van der Waals surface area contributed by atoms with Gasteiger partial charge in [0.1, 0.15) is 0 Å². The highest BCUT2D eigenvalue weighted by Crippen LogP contribution is 2.45. The van der Waals surface area contributed by atoms with Gasteiger partial charge in [-0.1, -0.05) is 19.8 Å². The molecule has 0 radical (unpaired) electrons. The lowest BCUT2D eigenvalue weighted by molar-refractivity contribution is 0.774. The molecule has 0 aliphatic rings. The van der Waals surface area contributed by atoms with E-state index < -0.39 is 0 Å². The standard InChI is InChI=1S/C19H33N3P2/c1-2-3-7-14-23(15-8-4-11-20)18-19-24(16-9-5-12-21)17-10-6-13-22/h2-10,14-19H2,1H3. The molecule has 0 aromatic carbocycles. The first kappa shape index (κ1) is 23.3. The maximum atomic E-state index is 8.76. The van der Waals surface area contributed by atoms with E-state index in [9.17, 15) is 0 Å². The third-order valence-corrected chi connectivity index (χ3v) is 9.96. The van der Waals surface area contributed by atoms with Gasteiger partial charge in [-0.05, 0) is 62.7 Å². The van der Waals surface area contributed by atoms with Crippen LogP contribution in [0.25, 0.3) is 0 Å². The molecule has 5 heteroatoms. The Hall–Kier alpha value is -0.670. The molecular weight excluding hydrogens is 332 g/mol. The fourth-order valence-electron chi connectivity index (χ4n) is 2.68. The zero-order valence-corrected chi connectivity index (χ0v) is 17.1. The van der Waals surface area contributed by atoms with E-state index in [-0.39, 0.29) is 15.8 Å².